The van der Waals surface area contributed by atoms with Gasteiger partial charge in [0.25, 0.3) is 0 Å². The average Bonchev–Trinajstić information content (AvgIpc) is 3.81. The number of carbonyl (C=O) groups is 3. The third kappa shape index (κ3) is 8.85. The molecule has 0 aliphatic heterocycles. The summed E-state index contributed by atoms with van der Waals surface area (Å²) in [5, 5.41) is 83.8. The highest BCUT2D eigenvalue weighted by molar-refractivity contribution is 5.83. The Labute approximate surface area is 395 Å². The van der Waals surface area contributed by atoms with Crippen molar-refractivity contribution in [2.45, 2.75) is 219 Å². The molecule has 8 aliphatic carbocycles. The highest BCUT2D eigenvalue weighted by atomic mass is 16.4. The standard InChI is InChI=1S/C54H90N2O10/c1-29(35-12-14-37-48-39(27-44(61)53(35,37)5)51(3)20-18-33(57)23-31(51)25-42(48)59)10-16-46(63)55-22-8-7-9-41(50(65)66)56-47(64)17-11-30(2)36-13-15-38-49-40(28-45(62)54(36,38)6)52(4)21-19-34(58)24-32(52)26-43(49)60/h29-45,48-49,57-62H,7-28H2,1-6H3,(H,55,63)(H,56,64)(H,65,66)/t29?,30?,31-,32-,33+,34+,35?,36?,37-,38-,39-,40-,41?,42?,43?,44?,45?,48+,49+,51?,52?,53?,54?/m0/s1. The monoisotopic (exact) mass is 927 g/mol. The van der Waals surface area contributed by atoms with Gasteiger partial charge in [-0.3, -0.25) is 9.59 Å². The van der Waals surface area contributed by atoms with Crippen molar-refractivity contribution in [3.63, 3.8) is 0 Å². The van der Waals surface area contributed by atoms with Crippen LogP contribution in [0.1, 0.15) is 176 Å². The highest BCUT2D eigenvalue weighted by Gasteiger charge is 2.67. The maximum Gasteiger partial charge on any atom is 0.326 e. The molecule has 0 aromatic rings. The number of carboxylic acid groups (broad SMARTS) is 1. The lowest BCUT2D eigenvalue weighted by molar-refractivity contribution is -0.207. The van der Waals surface area contributed by atoms with Crippen molar-refractivity contribution in [2.75, 3.05) is 6.54 Å². The summed E-state index contributed by atoms with van der Waals surface area (Å²) in [5.74, 6) is 1.21. The molecule has 23 atom stereocenters. The molecule has 0 heterocycles. The van der Waals surface area contributed by atoms with Crippen LogP contribution in [0, 0.1) is 92.7 Å². The second kappa shape index (κ2) is 19.4. The van der Waals surface area contributed by atoms with Crippen molar-refractivity contribution in [3.05, 3.63) is 0 Å². The van der Waals surface area contributed by atoms with E-state index in [0.29, 0.717) is 57.9 Å². The van der Waals surface area contributed by atoms with Gasteiger partial charge in [0, 0.05) is 19.4 Å². The first-order chi connectivity index (χ1) is 31.1. The summed E-state index contributed by atoms with van der Waals surface area (Å²) >= 11 is 0. The highest BCUT2D eigenvalue weighted by Crippen LogP contribution is 2.70. The van der Waals surface area contributed by atoms with Crippen LogP contribution < -0.4 is 10.6 Å². The van der Waals surface area contributed by atoms with E-state index in [1.54, 1.807) is 0 Å². The molecule has 376 valence electrons. The molecule has 13 unspecified atom stereocenters. The average molecular weight is 927 g/mol. The lowest BCUT2D eigenvalue weighted by Gasteiger charge is -2.63. The van der Waals surface area contributed by atoms with Gasteiger partial charge in [0.2, 0.25) is 11.8 Å². The molecule has 0 aromatic carbocycles. The van der Waals surface area contributed by atoms with Gasteiger partial charge in [-0.05, 0) is 215 Å². The summed E-state index contributed by atoms with van der Waals surface area (Å²) in [5.41, 5.74) is -0.623. The molecule has 8 rings (SSSR count). The summed E-state index contributed by atoms with van der Waals surface area (Å²) in [6.07, 6.45) is 12.5. The van der Waals surface area contributed by atoms with E-state index in [1.165, 1.54) is 0 Å². The third-order valence-corrected chi connectivity index (χ3v) is 22.6. The molecule has 8 saturated carbocycles. The molecule has 0 radical (unpaired) electrons. The largest absolute Gasteiger partial charge is 0.480 e. The van der Waals surface area contributed by atoms with Crippen molar-refractivity contribution in [1.29, 1.82) is 0 Å². The van der Waals surface area contributed by atoms with Crippen molar-refractivity contribution < 1.29 is 50.1 Å². The summed E-state index contributed by atoms with van der Waals surface area (Å²) in [7, 11) is 0. The Hall–Kier alpha value is -1.83. The number of aliphatic hydroxyl groups excluding tert-OH is 6. The molecule has 0 aromatic heterocycles. The van der Waals surface area contributed by atoms with Crippen LogP contribution >= 0.6 is 0 Å². The smallest absolute Gasteiger partial charge is 0.326 e. The Morgan fingerprint density at radius 1 is 0.561 bits per heavy atom. The molecule has 8 fully saturated rings. The van der Waals surface area contributed by atoms with Gasteiger partial charge in [-0.2, -0.15) is 0 Å². The first-order valence-electron chi connectivity index (χ1n) is 27.0. The van der Waals surface area contributed by atoms with Crippen LogP contribution in [-0.4, -0.2) is 103 Å². The fraction of sp³-hybridized carbons (Fsp3) is 0.944. The number of rotatable bonds is 15. The Kier molecular flexibility index (Phi) is 14.9. The number of fused-ring (bicyclic) bond motifs is 10. The number of aliphatic hydroxyl groups is 6. The number of nitrogens with one attached hydrogen (secondary N) is 2. The number of hydrogen-bond donors (Lipinski definition) is 9. The van der Waals surface area contributed by atoms with Crippen molar-refractivity contribution in [1.82, 2.24) is 10.6 Å². The van der Waals surface area contributed by atoms with Gasteiger partial charge in [0.15, 0.2) is 0 Å². The quantitative estimate of drug-likeness (QED) is 0.0803. The number of carbonyl (C=O) groups excluding carboxylic acids is 2. The molecular formula is C54H90N2O10. The van der Waals surface area contributed by atoms with E-state index in [0.717, 1.165) is 70.6 Å². The SMILES string of the molecule is CC(CCC(=O)NCCCCC(NC(=O)CCC(C)C1CC[C@H]2[C@H]3C(O)C[C@@H]4C[C@H](O)CCC4(C)[C@H]3CC(O)C12C)C(=O)O)C1CC[C@H]2[C@H]3C(O)C[C@@H]4C[C@H](O)CCC4(C)[C@H]3CC(O)C12C. The predicted molar refractivity (Wildman–Crippen MR) is 251 cm³/mol. The Morgan fingerprint density at radius 3 is 1.47 bits per heavy atom. The lowest BCUT2D eigenvalue weighted by atomic mass is 9.43. The number of amides is 2. The van der Waals surface area contributed by atoms with Crippen molar-refractivity contribution in [2.24, 2.45) is 92.7 Å². The van der Waals surface area contributed by atoms with Crippen LogP contribution in [0.5, 0.6) is 0 Å². The van der Waals surface area contributed by atoms with Crippen LogP contribution in [0.2, 0.25) is 0 Å². The molecule has 2 amide bonds. The van der Waals surface area contributed by atoms with Gasteiger partial charge in [-0.15, -0.1) is 0 Å². The second-order valence-corrected chi connectivity index (χ2v) is 25.4. The van der Waals surface area contributed by atoms with Gasteiger partial charge >= 0.3 is 5.97 Å². The van der Waals surface area contributed by atoms with Crippen molar-refractivity contribution >= 4 is 17.8 Å². The molecule has 12 nitrogen and oxygen atoms in total. The predicted octanol–water partition coefficient (Wildman–Crippen LogP) is 6.60. The molecule has 66 heavy (non-hydrogen) atoms. The van der Waals surface area contributed by atoms with Gasteiger partial charge in [0.05, 0.1) is 36.6 Å². The maximum atomic E-state index is 13.2. The second-order valence-electron chi connectivity index (χ2n) is 25.4. The van der Waals surface area contributed by atoms with E-state index in [4.69, 9.17) is 0 Å². The van der Waals surface area contributed by atoms with Crippen LogP contribution in [0.25, 0.3) is 0 Å². The van der Waals surface area contributed by atoms with Crippen LogP contribution in [0.3, 0.4) is 0 Å². The number of carboxylic acids is 1. The lowest BCUT2D eigenvalue weighted by Crippen LogP contribution is -2.62. The van der Waals surface area contributed by atoms with E-state index < -0.39 is 36.4 Å². The van der Waals surface area contributed by atoms with E-state index >= 15 is 0 Å². The minimum Gasteiger partial charge on any atom is -0.480 e. The molecule has 0 spiro atoms. The fourth-order valence-electron chi connectivity index (χ4n) is 18.7. The van der Waals surface area contributed by atoms with Gasteiger partial charge in [-0.25, -0.2) is 4.79 Å². The molecule has 9 N–H and O–H groups in total. The van der Waals surface area contributed by atoms with E-state index in [-0.39, 0.29) is 130 Å². The first-order valence-corrected chi connectivity index (χ1v) is 27.0. The molecule has 12 heteroatoms. The van der Waals surface area contributed by atoms with Gasteiger partial charge in [0.1, 0.15) is 6.04 Å². The Morgan fingerprint density at radius 2 is 1.02 bits per heavy atom. The van der Waals surface area contributed by atoms with E-state index in [9.17, 15) is 50.1 Å². The van der Waals surface area contributed by atoms with E-state index in [2.05, 4.69) is 52.2 Å². The third-order valence-electron chi connectivity index (χ3n) is 22.6. The Bertz CT molecular complexity index is 1750. The fourth-order valence-corrected chi connectivity index (χ4v) is 18.7. The molecule has 8 aliphatic rings. The molecular weight excluding hydrogens is 837 g/mol. The number of hydrogen-bond acceptors (Lipinski definition) is 9. The minimum absolute atomic E-state index is 0.0136. The summed E-state index contributed by atoms with van der Waals surface area (Å²) in [4.78, 5) is 38.5. The van der Waals surface area contributed by atoms with Crippen molar-refractivity contribution in [3.8, 4) is 0 Å². The van der Waals surface area contributed by atoms with Crippen LogP contribution in [0.4, 0.5) is 0 Å². The zero-order chi connectivity index (χ0) is 47.7. The molecule has 0 bridgehead atoms. The van der Waals surface area contributed by atoms with Crippen LogP contribution in [0.15, 0.2) is 0 Å². The number of unbranched alkanes of at least 4 members (excludes halogenated alkanes) is 1. The molecule has 0 saturated heterocycles. The van der Waals surface area contributed by atoms with Crippen LogP contribution in [-0.2, 0) is 14.4 Å². The normalized spacial score (nSPS) is 48.5. The number of aliphatic carboxylic acids is 1. The maximum absolute atomic E-state index is 13.2. The summed E-state index contributed by atoms with van der Waals surface area (Å²) in [6.45, 7) is 14.0. The van der Waals surface area contributed by atoms with Gasteiger partial charge < -0.3 is 46.4 Å². The zero-order valence-corrected chi connectivity index (χ0v) is 41.4. The summed E-state index contributed by atoms with van der Waals surface area (Å²) < 4.78 is 0. The van der Waals surface area contributed by atoms with Gasteiger partial charge in [-0.1, -0.05) is 41.5 Å². The van der Waals surface area contributed by atoms with E-state index in [1.807, 2.05) is 0 Å². The Balaban J connectivity index is 0.750. The zero-order valence-electron chi connectivity index (χ0n) is 41.4. The topological polar surface area (TPSA) is 217 Å². The summed E-state index contributed by atoms with van der Waals surface area (Å²) in [6, 6.07) is -1.01. The first kappa shape index (κ1) is 50.6. The minimum atomic E-state index is -1.07.